The van der Waals surface area contributed by atoms with Gasteiger partial charge in [-0.25, -0.2) is 0 Å². The number of hydrogen-bond acceptors (Lipinski definition) is 3. The predicted octanol–water partition coefficient (Wildman–Crippen LogP) is 2.73. The number of carbonyl (C=O) groups is 2. The number of benzene rings is 1. The number of carbonyl (C=O) groups excluding carboxylic acids is 2. The number of hydrogen-bond donors (Lipinski definition) is 0. The Labute approximate surface area is 134 Å². The molecule has 1 aromatic carbocycles. The average molecular weight is 329 g/mol. The van der Waals surface area contributed by atoms with Crippen LogP contribution >= 0.6 is 23.2 Å². The molecule has 1 aromatic rings. The number of amides is 1. The molecule has 6 heteroatoms. The van der Waals surface area contributed by atoms with E-state index in [-0.39, 0.29) is 24.8 Å². The monoisotopic (exact) mass is 328 g/mol. The summed E-state index contributed by atoms with van der Waals surface area (Å²) in [6.07, 6.45) is 2.12. The lowest BCUT2D eigenvalue weighted by Crippen LogP contribution is -2.39. The summed E-state index contributed by atoms with van der Waals surface area (Å²) < 4.78 is 0. The van der Waals surface area contributed by atoms with Gasteiger partial charge < -0.3 is 4.90 Å². The number of halogens is 2. The summed E-state index contributed by atoms with van der Waals surface area (Å²) in [6, 6.07) is 4.80. The molecular weight excluding hydrogens is 311 g/mol. The molecule has 114 valence electrons. The Morgan fingerprint density at radius 3 is 2.52 bits per heavy atom. The lowest BCUT2D eigenvalue weighted by molar-refractivity contribution is -0.130. The fraction of sp³-hybridized carbons (Fsp3) is 0.467. The van der Waals surface area contributed by atoms with E-state index in [0.717, 1.165) is 25.9 Å². The second kappa shape index (κ2) is 7.25. The van der Waals surface area contributed by atoms with E-state index < -0.39 is 0 Å². The number of likely N-dealkylation sites (N-methyl/N-ethyl adjacent to an activating group) is 1. The van der Waals surface area contributed by atoms with Crippen LogP contribution in [-0.4, -0.2) is 54.7 Å². The molecule has 1 fully saturated rings. The quantitative estimate of drug-likeness (QED) is 0.780. The van der Waals surface area contributed by atoms with E-state index in [1.807, 2.05) is 4.90 Å². The molecule has 0 aromatic heterocycles. The third-order valence-corrected chi connectivity index (χ3v) is 4.07. The molecule has 0 unspecified atom stereocenters. The van der Waals surface area contributed by atoms with Crippen molar-refractivity contribution in [1.29, 1.82) is 0 Å². The highest BCUT2D eigenvalue weighted by molar-refractivity contribution is 6.36. The molecule has 1 aliphatic heterocycles. The first-order valence-corrected chi connectivity index (χ1v) is 7.67. The Kier molecular flexibility index (Phi) is 5.62. The first kappa shape index (κ1) is 16.3. The van der Waals surface area contributed by atoms with Crippen LogP contribution < -0.4 is 0 Å². The molecule has 0 saturated carbocycles. The minimum Gasteiger partial charge on any atom is -0.342 e. The Morgan fingerprint density at radius 2 is 1.86 bits per heavy atom. The van der Waals surface area contributed by atoms with Gasteiger partial charge in [0.2, 0.25) is 5.91 Å². The van der Waals surface area contributed by atoms with Gasteiger partial charge in [-0.05, 0) is 38.1 Å². The van der Waals surface area contributed by atoms with Gasteiger partial charge in [0.05, 0.1) is 18.1 Å². The van der Waals surface area contributed by atoms with E-state index in [1.54, 1.807) is 30.1 Å². The van der Waals surface area contributed by atoms with Crippen molar-refractivity contribution in [1.82, 2.24) is 9.80 Å². The van der Waals surface area contributed by atoms with Gasteiger partial charge >= 0.3 is 0 Å². The fourth-order valence-electron chi connectivity index (χ4n) is 2.39. The normalized spacial score (nSPS) is 14.8. The largest absolute Gasteiger partial charge is 0.342 e. The molecule has 0 N–H and O–H groups in total. The first-order valence-electron chi connectivity index (χ1n) is 6.92. The van der Waals surface area contributed by atoms with Crippen LogP contribution in [-0.2, 0) is 4.79 Å². The van der Waals surface area contributed by atoms with Crippen molar-refractivity contribution in [2.45, 2.75) is 12.8 Å². The summed E-state index contributed by atoms with van der Waals surface area (Å²) in [7, 11) is 1.75. The van der Waals surface area contributed by atoms with Crippen molar-refractivity contribution in [2.24, 2.45) is 0 Å². The predicted molar refractivity (Wildman–Crippen MR) is 84.1 cm³/mol. The molecule has 1 saturated heterocycles. The van der Waals surface area contributed by atoms with Crippen LogP contribution in [0.3, 0.4) is 0 Å². The third-order valence-electron chi connectivity index (χ3n) is 3.51. The van der Waals surface area contributed by atoms with Crippen LogP contribution in [0.1, 0.15) is 23.2 Å². The molecule has 0 spiro atoms. The summed E-state index contributed by atoms with van der Waals surface area (Å²) >= 11 is 11.9. The number of Topliss-reactive ketones (excluding diaryl/α,β-unsaturated/α-hetero) is 1. The average Bonchev–Trinajstić information content (AvgIpc) is 2.95. The summed E-state index contributed by atoms with van der Waals surface area (Å²) in [6.45, 7) is 2.02. The van der Waals surface area contributed by atoms with Crippen molar-refractivity contribution in [3.63, 3.8) is 0 Å². The highest BCUT2D eigenvalue weighted by Gasteiger charge is 2.20. The van der Waals surface area contributed by atoms with Crippen LogP contribution in [0, 0.1) is 0 Å². The molecule has 0 aliphatic carbocycles. The maximum absolute atomic E-state index is 12.2. The van der Waals surface area contributed by atoms with E-state index in [4.69, 9.17) is 23.2 Å². The number of nitrogens with zero attached hydrogens (tertiary/aromatic N) is 2. The molecule has 0 radical (unpaired) electrons. The smallest absolute Gasteiger partial charge is 0.236 e. The van der Waals surface area contributed by atoms with Gasteiger partial charge in [0, 0.05) is 23.7 Å². The molecule has 0 bridgehead atoms. The topological polar surface area (TPSA) is 40.6 Å². The summed E-state index contributed by atoms with van der Waals surface area (Å²) in [5, 5.41) is 0.849. The molecular formula is C15H18Cl2N2O2. The maximum atomic E-state index is 12.2. The van der Waals surface area contributed by atoms with E-state index in [9.17, 15) is 9.59 Å². The molecule has 1 amide bonds. The maximum Gasteiger partial charge on any atom is 0.236 e. The fourth-order valence-corrected chi connectivity index (χ4v) is 2.79. The minimum absolute atomic E-state index is 0.0694. The van der Waals surface area contributed by atoms with Crippen LogP contribution in [0.4, 0.5) is 0 Å². The SMILES string of the molecule is CN(CC(=O)c1cc(Cl)ccc1Cl)CC(=O)N1CCCC1. The van der Waals surface area contributed by atoms with E-state index in [1.165, 1.54) is 0 Å². The molecule has 4 nitrogen and oxygen atoms in total. The van der Waals surface area contributed by atoms with Crippen LogP contribution in [0.2, 0.25) is 10.0 Å². The van der Waals surface area contributed by atoms with Gasteiger partial charge in [0.1, 0.15) is 0 Å². The summed E-state index contributed by atoms with van der Waals surface area (Å²) in [5.41, 5.74) is 0.393. The van der Waals surface area contributed by atoms with Gasteiger partial charge in [-0.3, -0.25) is 14.5 Å². The van der Waals surface area contributed by atoms with Gasteiger partial charge in [0.25, 0.3) is 0 Å². The van der Waals surface area contributed by atoms with Gasteiger partial charge in [-0.15, -0.1) is 0 Å². The standard InChI is InChI=1S/C15H18Cl2N2O2/c1-18(10-15(21)19-6-2-3-7-19)9-14(20)12-8-11(16)4-5-13(12)17/h4-5,8H,2-3,6-7,9-10H2,1H3. The Bertz CT molecular complexity index is 542. The van der Waals surface area contributed by atoms with Crippen LogP contribution in [0.5, 0.6) is 0 Å². The van der Waals surface area contributed by atoms with Crippen molar-refractivity contribution >= 4 is 34.9 Å². The van der Waals surface area contributed by atoms with Gasteiger partial charge in [-0.2, -0.15) is 0 Å². The Hall–Kier alpha value is -1.10. The second-order valence-electron chi connectivity index (χ2n) is 5.31. The highest BCUT2D eigenvalue weighted by atomic mass is 35.5. The number of likely N-dealkylation sites (tertiary alicyclic amines) is 1. The van der Waals surface area contributed by atoms with Crippen LogP contribution in [0.25, 0.3) is 0 Å². The van der Waals surface area contributed by atoms with E-state index in [2.05, 4.69) is 0 Å². The zero-order valence-corrected chi connectivity index (χ0v) is 13.5. The third kappa shape index (κ3) is 4.43. The highest BCUT2D eigenvalue weighted by Crippen LogP contribution is 2.21. The number of ketones is 1. The van der Waals surface area contributed by atoms with E-state index >= 15 is 0 Å². The Morgan fingerprint density at radius 1 is 1.19 bits per heavy atom. The summed E-state index contributed by atoms with van der Waals surface area (Å²) in [4.78, 5) is 27.8. The van der Waals surface area contributed by atoms with E-state index in [0.29, 0.717) is 15.6 Å². The first-order chi connectivity index (χ1) is 9.97. The molecule has 1 aliphatic rings. The second-order valence-corrected chi connectivity index (χ2v) is 6.15. The van der Waals surface area contributed by atoms with Gasteiger partial charge in [-0.1, -0.05) is 23.2 Å². The van der Waals surface area contributed by atoms with Crippen molar-refractivity contribution in [3.05, 3.63) is 33.8 Å². The van der Waals surface area contributed by atoms with Crippen molar-refractivity contribution in [2.75, 3.05) is 33.2 Å². The molecule has 21 heavy (non-hydrogen) atoms. The zero-order valence-electron chi connectivity index (χ0n) is 11.9. The zero-order chi connectivity index (χ0) is 15.4. The lowest BCUT2D eigenvalue weighted by Gasteiger charge is -2.20. The molecule has 2 rings (SSSR count). The molecule has 0 atom stereocenters. The minimum atomic E-state index is -0.140. The number of rotatable bonds is 5. The Balaban J connectivity index is 1.92. The summed E-state index contributed by atoms with van der Waals surface area (Å²) in [5.74, 6) is -0.0702. The van der Waals surface area contributed by atoms with Crippen molar-refractivity contribution in [3.8, 4) is 0 Å². The van der Waals surface area contributed by atoms with Crippen LogP contribution in [0.15, 0.2) is 18.2 Å². The van der Waals surface area contributed by atoms with Crippen molar-refractivity contribution < 1.29 is 9.59 Å². The molecule has 1 heterocycles. The van der Waals surface area contributed by atoms with Gasteiger partial charge in [0.15, 0.2) is 5.78 Å². The lowest BCUT2D eigenvalue weighted by atomic mass is 10.1.